The lowest BCUT2D eigenvalue weighted by molar-refractivity contribution is -0.411. The third-order valence-electron chi connectivity index (χ3n) is 3.50. The molecule has 1 unspecified atom stereocenters. The lowest BCUT2D eigenvalue weighted by atomic mass is 10.2. The zero-order valence-electron chi connectivity index (χ0n) is 13.6. The number of fused-ring (bicyclic) bond motifs is 1. The van der Waals surface area contributed by atoms with Gasteiger partial charge in [-0.2, -0.15) is 8.78 Å². The summed E-state index contributed by atoms with van der Waals surface area (Å²) >= 11 is 0. The molecular weight excluding hydrogens is 394 g/mol. The molecule has 0 amide bonds. The second-order valence-electron chi connectivity index (χ2n) is 5.50. The summed E-state index contributed by atoms with van der Waals surface area (Å²) in [5.41, 5.74) is 0.288. The minimum absolute atomic E-state index is 0.130. The number of para-hydroxylation sites is 1. The second-order valence-corrected chi connectivity index (χ2v) is 5.50. The Morgan fingerprint density at radius 3 is 2.25 bits per heavy atom. The van der Waals surface area contributed by atoms with Gasteiger partial charge in [-0.25, -0.2) is 14.1 Å². The third kappa shape index (κ3) is 4.42. The molecule has 11 heteroatoms. The Kier molecular flexibility index (Phi) is 5.02. The van der Waals surface area contributed by atoms with Crippen molar-refractivity contribution < 1.29 is 35.8 Å². The van der Waals surface area contributed by atoms with Gasteiger partial charge in [0.2, 0.25) is 0 Å². The number of H-pyrrole nitrogens is 1. The standard InChI is InChI=1S/C17H10F6N2O3/c18-15(28-17(21,22)23)16(19,20)27-10-7-5-9(6-8-10)13-24-12-4-2-1-3-11(12)14(26)25-13/h1-8,15H,(H,24,25,26). The highest BCUT2D eigenvalue weighted by Crippen LogP contribution is 2.32. The van der Waals surface area contributed by atoms with E-state index in [9.17, 15) is 31.1 Å². The fraction of sp³-hybridized carbons (Fsp3) is 0.176. The molecule has 0 saturated carbocycles. The number of aromatic amines is 1. The van der Waals surface area contributed by atoms with Crippen LogP contribution < -0.4 is 10.3 Å². The van der Waals surface area contributed by atoms with Crippen LogP contribution in [0, 0.1) is 0 Å². The van der Waals surface area contributed by atoms with E-state index >= 15 is 0 Å². The summed E-state index contributed by atoms with van der Waals surface area (Å²) in [5, 5.41) is 0.351. The molecule has 0 aliphatic heterocycles. The molecule has 2 aromatic carbocycles. The molecule has 3 aromatic rings. The molecule has 0 bridgehead atoms. The normalized spacial score (nSPS) is 13.5. The number of nitrogens with zero attached hydrogens (tertiary/aromatic N) is 1. The molecular formula is C17H10F6N2O3. The monoisotopic (exact) mass is 404 g/mol. The maximum absolute atomic E-state index is 13.4. The first-order chi connectivity index (χ1) is 13.0. The highest BCUT2D eigenvalue weighted by Gasteiger charge is 2.50. The van der Waals surface area contributed by atoms with Gasteiger partial charge in [-0.05, 0) is 36.4 Å². The molecule has 0 saturated heterocycles. The summed E-state index contributed by atoms with van der Waals surface area (Å²) < 4.78 is 82.1. The first-order valence-electron chi connectivity index (χ1n) is 7.60. The third-order valence-corrected chi connectivity index (χ3v) is 3.50. The van der Waals surface area contributed by atoms with Gasteiger partial charge in [-0.3, -0.25) is 4.79 Å². The predicted octanol–water partition coefficient (Wildman–Crippen LogP) is 4.39. The van der Waals surface area contributed by atoms with Crippen molar-refractivity contribution in [3.8, 4) is 17.1 Å². The van der Waals surface area contributed by atoms with Crippen molar-refractivity contribution in [3.63, 3.8) is 0 Å². The molecule has 3 rings (SSSR count). The Bertz CT molecular complexity index is 1030. The van der Waals surface area contributed by atoms with E-state index in [1.807, 2.05) is 0 Å². The molecule has 1 heterocycles. The lowest BCUT2D eigenvalue weighted by Gasteiger charge is -2.22. The summed E-state index contributed by atoms with van der Waals surface area (Å²) in [6, 6.07) is 10.9. The summed E-state index contributed by atoms with van der Waals surface area (Å²) in [5.74, 6) is -0.490. The van der Waals surface area contributed by atoms with Crippen LogP contribution >= 0.6 is 0 Å². The van der Waals surface area contributed by atoms with Gasteiger partial charge >= 0.3 is 18.8 Å². The number of ether oxygens (including phenoxy) is 2. The van der Waals surface area contributed by atoms with E-state index in [2.05, 4.69) is 19.4 Å². The largest absolute Gasteiger partial charge is 0.525 e. The Morgan fingerprint density at radius 2 is 1.61 bits per heavy atom. The highest BCUT2D eigenvalue weighted by molar-refractivity contribution is 5.79. The van der Waals surface area contributed by atoms with E-state index in [1.165, 1.54) is 12.1 Å². The predicted molar refractivity (Wildman–Crippen MR) is 85.4 cm³/mol. The lowest BCUT2D eigenvalue weighted by Crippen LogP contribution is -2.41. The van der Waals surface area contributed by atoms with Crippen molar-refractivity contribution >= 4 is 10.9 Å². The summed E-state index contributed by atoms with van der Waals surface area (Å²) in [6.07, 6.45) is -14.5. The molecule has 0 fully saturated rings. The maximum atomic E-state index is 13.4. The smallest absolute Gasteiger partial charge is 0.429 e. The Labute approximate surface area is 152 Å². The van der Waals surface area contributed by atoms with Crippen LogP contribution in [0.4, 0.5) is 26.3 Å². The van der Waals surface area contributed by atoms with Crippen LogP contribution in [0.5, 0.6) is 5.75 Å². The number of rotatable bonds is 5. The molecule has 0 radical (unpaired) electrons. The van der Waals surface area contributed by atoms with Crippen LogP contribution in [-0.4, -0.2) is 28.8 Å². The van der Waals surface area contributed by atoms with Crippen LogP contribution in [0.25, 0.3) is 22.3 Å². The minimum Gasteiger partial charge on any atom is -0.429 e. The van der Waals surface area contributed by atoms with E-state index < -0.39 is 30.1 Å². The van der Waals surface area contributed by atoms with Crippen LogP contribution in [0.3, 0.4) is 0 Å². The fourth-order valence-corrected chi connectivity index (χ4v) is 2.29. The van der Waals surface area contributed by atoms with E-state index in [0.717, 1.165) is 12.1 Å². The Hall–Kier alpha value is -3.08. The summed E-state index contributed by atoms with van der Waals surface area (Å²) in [4.78, 5) is 18.8. The van der Waals surface area contributed by atoms with Gasteiger partial charge in [0.25, 0.3) is 5.56 Å². The van der Waals surface area contributed by atoms with Gasteiger partial charge in [-0.15, -0.1) is 13.2 Å². The molecule has 0 spiro atoms. The van der Waals surface area contributed by atoms with Gasteiger partial charge in [0, 0.05) is 5.56 Å². The van der Waals surface area contributed by atoms with Crippen molar-refractivity contribution in [2.45, 2.75) is 18.8 Å². The molecule has 1 atom stereocenters. The first kappa shape index (κ1) is 19.7. The van der Waals surface area contributed by atoms with Gasteiger partial charge in [0.05, 0.1) is 10.9 Å². The van der Waals surface area contributed by atoms with Crippen molar-refractivity contribution in [2.75, 3.05) is 0 Å². The van der Waals surface area contributed by atoms with Crippen molar-refractivity contribution in [1.29, 1.82) is 0 Å². The zero-order valence-corrected chi connectivity index (χ0v) is 13.6. The average Bonchev–Trinajstić information content (AvgIpc) is 2.60. The number of halogens is 6. The van der Waals surface area contributed by atoms with Crippen LogP contribution in [0.1, 0.15) is 0 Å². The average molecular weight is 404 g/mol. The van der Waals surface area contributed by atoms with Crippen LogP contribution in [0.2, 0.25) is 0 Å². The number of alkyl halides is 6. The number of nitrogens with one attached hydrogen (secondary N) is 1. The van der Waals surface area contributed by atoms with E-state index in [1.54, 1.807) is 24.3 Å². The molecule has 0 aliphatic carbocycles. The van der Waals surface area contributed by atoms with Gasteiger partial charge in [0.15, 0.2) is 0 Å². The quantitative estimate of drug-likeness (QED) is 0.641. The summed E-state index contributed by atoms with van der Waals surface area (Å²) in [6.45, 7) is 0. The van der Waals surface area contributed by atoms with Gasteiger partial charge in [0.1, 0.15) is 11.6 Å². The topological polar surface area (TPSA) is 64.2 Å². The second kappa shape index (κ2) is 7.15. The van der Waals surface area contributed by atoms with Gasteiger partial charge < -0.3 is 9.72 Å². The van der Waals surface area contributed by atoms with E-state index in [-0.39, 0.29) is 5.82 Å². The maximum Gasteiger partial charge on any atom is 0.525 e. The Balaban J connectivity index is 1.81. The van der Waals surface area contributed by atoms with E-state index in [4.69, 9.17) is 0 Å². The van der Waals surface area contributed by atoms with Crippen molar-refractivity contribution in [3.05, 3.63) is 58.9 Å². The number of hydrogen-bond donors (Lipinski definition) is 1. The molecule has 28 heavy (non-hydrogen) atoms. The van der Waals surface area contributed by atoms with Crippen molar-refractivity contribution in [1.82, 2.24) is 9.97 Å². The Morgan fingerprint density at radius 1 is 0.964 bits per heavy atom. The van der Waals surface area contributed by atoms with Crippen LogP contribution in [0.15, 0.2) is 53.3 Å². The first-order valence-corrected chi connectivity index (χ1v) is 7.60. The number of aromatic nitrogens is 2. The molecule has 0 aliphatic rings. The molecule has 1 N–H and O–H groups in total. The number of hydrogen-bond acceptors (Lipinski definition) is 4. The summed E-state index contributed by atoms with van der Waals surface area (Å²) in [7, 11) is 0. The van der Waals surface area contributed by atoms with Crippen LogP contribution in [-0.2, 0) is 4.74 Å². The SMILES string of the molecule is O=c1[nH]c(-c2ccc(OC(F)(F)C(F)OC(F)(F)F)cc2)nc2ccccc12. The highest BCUT2D eigenvalue weighted by atomic mass is 19.4. The fourth-order valence-electron chi connectivity index (χ4n) is 2.29. The van der Waals surface area contributed by atoms with E-state index in [0.29, 0.717) is 16.5 Å². The number of benzene rings is 2. The molecule has 148 valence electrons. The van der Waals surface area contributed by atoms with Gasteiger partial charge in [-0.1, -0.05) is 12.1 Å². The van der Waals surface area contributed by atoms with Crippen molar-refractivity contribution in [2.24, 2.45) is 0 Å². The molecule has 5 nitrogen and oxygen atoms in total. The minimum atomic E-state index is -5.59. The molecule has 1 aromatic heterocycles. The zero-order chi connectivity index (χ0) is 20.5.